The molecule has 0 aromatic carbocycles. The minimum Gasteiger partial charge on any atom is -0.480 e. The molecule has 1 N–H and O–H groups in total. The number of hydrogen-bond acceptors (Lipinski definition) is 4. The number of carboxylic acid groups (broad SMARTS) is 1. The van der Waals surface area contributed by atoms with Crippen LogP contribution >= 0.6 is 0 Å². The summed E-state index contributed by atoms with van der Waals surface area (Å²) < 4.78 is 24.3. The van der Waals surface area contributed by atoms with Crippen molar-refractivity contribution in [2.75, 3.05) is 26.4 Å². The average Bonchev–Trinajstić information content (AvgIpc) is 2.26. The molecule has 0 aliphatic carbocycles. The van der Waals surface area contributed by atoms with Gasteiger partial charge in [0.2, 0.25) is 15.9 Å². The molecule has 0 aromatic heterocycles. The monoisotopic (exact) mass is 278 g/mol. The van der Waals surface area contributed by atoms with Gasteiger partial charge in [-0.1, -0.05) is 6.42 Å². The Morgan fingerprint density at radius 3 is 2.50 bits per heavy atom. The lowest BCUT2D eigenvalue weighted by molar-refractivity contribution is -0.145. The van der Waals surface area contributed by atoms with Crippen LogP contribution in [0.4, 0.5) is 0 Å². The van der Waals surface area contributed by atoms with Gasteiger partial charge in [-0.3, -0.25) is 9.59 Å². The van der Waals surface area contributed by atoms with E-state index in [9.17, 15) is 18.0 Å². The predicted octanol–water partition coefficient (Wildman–Crippen LogP) is -0.656. The van der Waals surface area contributed by atoms with Gasteiger partial charge in [0.05, 0.1) is 6.26 Å². The summed E-state index contributed by atoms with van der Waals surface area (Å²) in [7, 11) is -2.08. The van der Waals surface area contributed by atoms with Gasteiger partial charge in [0.15, 0.2) is 0 Å². The van der Waals surface area contributed by atoms with Crippen LogP contribution in [0, 0.1) is 0 Å². The minimum absolute atomic E-state index is 0.316. The Labute approximate surface area is 106 Å². The van der Waals surface area contributed by atoms with E-state index in [0.29, 0.717) is 13.0 Å². The van der Waals surface area contributed by atoms with Gasteiger partial charge in [-0.15, -0.1) is 0 Å². The van der Waals surface area contributed by atoms with E-state index >= 15 is 0 Å². The molecule has 1 fully saturated rings. The van der Waals surface area contributed by atoms with Crippen LogP contribution in [0.2, 0.25) is 0 Å². The first-order chi connectivity index (χ1) is 8.23. The van der Waals surface area contributed by atoms with Gasteiger partial charge in [-0.2, -0.15) is 4.31 Å². The molecule has 0 radical (unpaired) electrons. The third-order valence-corrected chi connectivity index (χ3v) is 4.20. The molecule has 1 heterocycles. The summed E-state index contributed by atoms with van der Waals surface area (Å²) in [4.78, 5) is 23.6. The maximum absolute atomic E-state index is 12.0. The summed E-state index contributed by atoms with van der Waals surface area (Å²) >= 11 is 0. The molecule has 1 saturated heterocycles. The average molecular weight is 278 g/mol. The highest BCUT2D eigenvalue weighted by Crippen LogP contribution is 2.21. The summed E-state index contributed by atoms with van der Waals surface area (Å²) in [5.41, 5.74) is 0. The van der Waals surface area contributed by atoms with E-state index in [0.717, 1.165) is 28.3 Å². The van der Waals surface area contributed by atoms with Gasteiger partial charge >= 0.3 is 5.97 Å². The number of amides is 1. The molecule has 1 atom stereocenters. The maximum Gasteiger partial charge on any atom is 0.323 e. The topological polar surface area (TPSA) is 95.0 Å². The Hall–Kier alpha value is -1.15. The zero-order chi connectivity index (χ0) is 13.9. The number of aliphatic carboxylic acids is 1. The number of rotatable bonds is 4. The molecule has 0 bridgehead atoms. The molecule has 1 unspecified atom stereocenters. The number of nitrogens with zero attached hydrogens (tertiary/aromatic N) is 2. The maximum atomic E-state index is 12.0. The molecule has 1 aliphatic rings. The van der Waals surface area contributed by atoms with Crippen molar-refractivity contribution in [2.24, 2.45) is 0 Å². The molecule has 1 aliphatic heterocycles. The lowest BCUT2D eigenvalue weighted by Gasteiger charge is -2.34. The van der Waals surface area contributed by atoms with Crippen molar-refractivity contribution < 1.29 is 23.1 Å². The summed E-state index contributed by atoms with van der Waals surface area (Å²) in [5.74, 6) is -1.57. The highest BCUT2D eigenvalue weighted by Gasteiger charge is 2.36. The highest BCUT2D eigenvalue weighted by molar-refractivity contribution is 7.88. The van der Waals surface area contributed by atoms with Crippen LogP contribution in [0.15, 0.2) is 0 Å². The molecule has 1 rings (SSSR count). The van der Waals surface area contributed by atoms with Crippen molar-refractivity contribution in [2.45, 2.75) is 25.3 Å². The SMILES string of the molecule is CN(CC(=O)O)C(=O)C1CCCCN1S(C)(=O)=O. The first-order valence-corrected chi connectivity index (χ1v) is 7.52. The molecule has 8 heteroatoms. The molecular weight excluding hydrogens is 260 g/mol. The number of sulfonamides is 1. The lowest BCUT2D eigenvalue weighted by Crippen LogP contribution is -2.52. The smallest absolute Gasteiger partial charge is 0.323 e. The number of carbonyl (C=O) groups excluding carboxylic acids is 1. The fourth-order valence-electron chi connectivity index (χ4n) is 2.08. The second-order valence-electron chi connectivity index (χ2n) is 4.47. The van der Waals surface area contributed by atoms with Gasteiger partial charge in [0.25, 0.3) is 0 Å². The zero-order valence-corrected chi connectivity index (χ0v) is 11.3. The Balaban J connectivity index is 2.84. The van der Waals surface area contributed by atoms with Gasteiger partial charge in [0.1, 0.15) is 12.6 Å². The van der Waals surface area contributed by atoms with Crippen LogP contribution in [-0.2, 0) is 19.6 Å². The van der Waals surface area contributed by atoms with Crippen LogP contribution < -0.4 is 0 Å². The van der Waals surface area contributed by atoms with E-state index in [2.05, 4.69) is 0 Å². The largest absolute Gasteiger partial charge is 0.480 e. The molecule has 7 nitrogen and oxygen atoms in total. The van der Waals surface area contributed by atoms with E-state index in [-0.39, 0.29) is 0 Å². The molecule has 1 amide bonds. The van der Waals surface area contributed by atoms with Crippen LogP contribution in [-0.4, -0.2) is 67.0 Å². The van der Waals surface area contributed by atoms with E-state index in [1.54, 1.807) is 0 Å². The minimum atomic E-state index is -3.44. The van der Waals surface area contributed by atoms with Gasteiger partial charge < -0.3 is 10.0 Å². The lowest BCUT2D eigenvalue weighted by atomic mass is 10.0. The Morgan fingerprint density at radius 2 is 2.00 bits per heavy atom. The Kier molecular flexibility index (Phi) is 4.69. The second-order valence-corrected chi connectivity index (χ2v) is 6.41. The van der Waals surface area contributed by atoms with E-state index in [1.807, 2.05) is 0 Å². The Morgan fingerprint density at radius 1 is 1.39 bits per heavy atom. The third kappa shape index (κ3) is 3.67. The van der Waals surface area contributed by atoms with Crippen molar-refractivity contribution in [3.63, 3.8) is 0 Å². The standard InChI is InChI=1S/C10H18N2O5S/c1-11(7-9(13)14)10(15)8-5-3-4-6-12(8)18(2,16)17/h8H,3-7H2,1-2H3,(H,13,14). The molecule has 0 saturated carbocycles. The number of carbonyl (C=O) groups is 2. The fourth-order valence-corrected chi connectivity index (χ4v) is 3.20. The summed E-state index contributed by atoms with van der Waals surface area (Å²) in [6, 6.07) is -0.766. The molecular formula is C10H18N2O5S. The summed E-state index contributed by atoms with van der Waals surface area (Å²) in [6.45, 7) is -0.108. The predicted molar refractivity (Wildman–Crippen MR) is 64.5 cm³/mol. The molecule has 0 spiro atoms. The molecule has 0 aromatic rings. The van der Waals surface area contributed by atoms with Crippen LogP contribution in [0.5, 0.6) is 0 Å². The normalized spacial score (nSPS) is 21.6. The number of hydrogen-bond donors (Lipinski definition) is 1. The van der Waals surface area contributed by atoms with Crippen LogP contribution in [0.1, 0.15) is 19.3 Å². The number of likely N-dealkylation sites (N-methyl/N-ethyl adjacent to an activating group) is 1. The van der Waals surface area contributed by atoms with E-state index in [1.165, 1.54) is 7.05 Å². The Bertz CT molecular complexity index is 434. The van der Waals surface area contributed by atoms with Crippen molar-refractivity contribution in [1.82, 2.24) is 9.21 Å². The van der Waals surface area contributed by atoms with Crippen LogP contribution in [0.3, 0.4) is 0 Å². The number of piperidine rings is 1. The van der Waals surface area contributed by atoms with Crippen molar-refractivity contribution in [1.29, 1.82) is 0 Å². The second kappa shape index (κ2) is 5.66. The highest BCUT2D eigenvalue weighted by atomic mass is 32.2. The molecule has 18 heavy (non-hydrogen) atoms. The van der Waals surface area contributed by atoms with Gasteiger partial charge in [-0.25, -0.2) is 8.42 Å². The van der Waals surface area contributed by atoms with Crippen molar-refractivity contribution in [3.8, 4) is 0 Å². The van der Waals surface area contributed by atoms with E-state index < -0.39 is 34.5 Å². The van der Waals surface area contributed by atoms with Crippen molar-refractivity contribution in [3.05, 3.63) is 0 Å². The van der Waals surface area contributed by atoms with Crippen molar-refractivity contribution >= 4 is 21.9 Å². The number of carboxylic acids is 1. The van der Waals surface area contributed by atoms with Gasteiger partial charge in [0, 0.05) is 13.6 Å². The summed E-state index contributed by atoms with van der Waals surface area (Å²) in [6.07, 6.45) is 2.99. The van der Waals surface area contributed by atoms with Gasteiger partial charge in [-0.05, 0) is 12.8 Å². The van der Waals surface area contributed by atoms with Crippen LogP contribution in [0.25, 0.3) is 0 Å². The van der Waals surface area contributed by atoms with E-state index in [4.69, 9.17) is 5.11 Å². The fraction of sp³-hybridized carbons (Fsp3) is 0.800. The quantitative estimate of drug-likeness (QED) is 0.737. The first kappa shape index (κ1) is 14.9. The first-order valence-electron chi connectivity index (χ1n) is 5.67. The zero-order valence-electron chi connectivity index (χ0n) is 10.5. The summed E-state index contributed by atoms with van der Waals surface area (Å²) in [5, 5.41) is 8.63. The third-order valence-electron chi connectivity index (χ3n) is 2.91. The molecule has 104 valence electrons.